The maximum atomic E-state index is 12.5. The molecular formula is C21H32Cl2N4O4S. The first-order valence-corrected chi connectivity index (χ1v) is 11.7. The number of nitrogens with one attached hydrogen (secondary N) is 2. The molecule has 0 radical (unpaired) electrons. The number of aromatic nitrogens is 1. The minimum Gasteiger partial charge on any atom is -0.492 e. The Morgan fingerprint density at radius 1 is 1.19 bits per heavy atom. The lowest BCUT2D eigenvalue weighted by molar-refractivity contribution is 0.171. The molecule has 0 spiro atoms. The summed E-state index contributed by atoms with van der Waals surface area (Å²) in [6, 6.07) is 10.5. The van der Waals surface area contributed by atoms with E-state index in [9.17, 15) is 13.5 Å². The van der Waals surface area contributed by atoms with Gasteiger partial charge in [-0.2, -0.15) is 12.7 Å². The Morgan fingerprint density at radius 2 is 1.88 bits per heavy atom. The minimum atomic E-state index is -3.52. The molecule has 0 amide bonds. The van der Waals surface area contributed by atoms with Crippen LogP contribution in [-0.4, -0.2) is 55.6 Å². The largest absolute Gasteiger partial charge is 0.492 e. The second-order valence-electron chi connectivity index (χ2n) is 7.57. The molecule has 1 aromatic carbocycles. The lowest BCUT2D eigenvalue weighted by Gasteiger charge is -2.29. The summed E-state index contributed by atoms with van der Waals surface area (Å²) >= 11 is 0. The molecule has 2 heterocycles. The summed E-state index contributed by atoms with van der Waals surface area (Å²) in [5.41, 5.74) is 1.28. The molecule has 1 saturated heterocycles. The highest BCUT2D eigenvalue weighted by atomic mass is 35.5. The van der Waals surface area contributed by atoms with Crippen LogP contribution in [0, 0.1) is 5.92 Å². The Bertz CT molecular complexity index is 880. The number of rotatable bonds is 10. The van der Waals surface area contributed by atoms with Gasteiger partial charge in [0, 0.05) is 44.1 Å². The molecule has 11 heteroatoms. The molecule has 2 aromatic rings. The van der Waals surface area contributed by atoms with Gasteiger partial charge in [-0.1, -0.05) is 13.0 Å². The molecule has 1 atom stereocenters. The van der Waals surface area contributed by atoms with Gasteiger partial charge in [0.25, 0.3) is 0 Å². The molecule has 32 heavy (non-hydrogen) atoms. The number of anilines is 1. The summed E-state index contributed by atoms with van der Waals surface area (Å²) < 4.78 is 34.8. The average molecular weight is 507 g/mol. The fourth-order valence-corrected chi connectivity index (χ4v) is 4.48. The summed E-state index contributed by atoms with van der Waals surface area (Å²) in [7, 11) is -3.52. The van der Waals surface area contributed by atoms with Crippen LogP contribution in [-0.2, 0) is 10.2 Å². The molecule has 0 saturated carbocycles. The van der Waals surface area contributed by atoms with E-state index >= 15 is 0 Å². The molecule has 0 unspecified atom stereocenters. The zero-order chi connectivity index (χ0) is 21.4. The van der Waals surface area contributed by atoms with Crippen molar-refractivity contribution in [3.63, 3.8) is 0 Å². The quantitative estimate of drug-likeness (QED) is 0.428. The molecule has 8 nitrogen and oxygen atoms in total. The van der Waals surface area contributed by atoms with E-state index in [0.29, 0.717) is 50.1 Å². The van der Waals surface area contributed by atoms with E-state index in [0.717, 1.165) is 18.4 Å². The monoisotopic (exact) mass is 506 g/mol. The number of aliphatic hydroxyl groups excluding tert-OH is 1. The van der Waals surface area contributed by atoms with Crippen molar-refractivity contribution in [3.05, 3.63) is 54.4 Å². The number of ether oxygens (including phenoxy) is 1. The first kappa shape index (κ1) is 28.4. The third-order valence-electron chi connectivity index (χ3n) is 5.14. The fourth-order valence-electron chi connectivity index (χ4n) is 3.23. The standard InChI is InChI=1S/C21H30N4O4S.2ClH/c1-17-8-12-25(13-9-17)30(27,28)24-19-4-6-20(7-5-19)29-14-11-23-16-21(26)18-3-2-10-22-15-18;;/h2-7,10,15,17,21,23-24,26H,8-9,11-14,16H2,1H3;2*1H/t21-;;/m0../s1. The molecule has 0 bridgehead atoms. The summed E-state index contributed by atoms with van der Waals surface area (Å²) in [5, 5.41) is 13.2. The number of aliphatic hydroxyl groups is 1. The van der Waals surface area contributed by atoms with Crippen molar-refractivity contribution in [2.75, 3.05) is 37.5 Å². The molecule has 3 N–H and O–H groups in total. The van der Waals surface area contributed by atoms with Gasteiger partial charge in [0.1, 0.15) is 12.4 Å². The van der Waals surface area contributed by atoms with Gasteiger partial charge in [0.15, 0.2) is 0 Å². The van der Waals surface area contributed by atoms with Gasteiger partial charge >= 0.3 is 10.2 Å². The number of piperidine rings is 1. The molecule has 3 rings (SSSR count). The van der Waals surface area contributed by atoms with Gasteiger partial charge in [0.05, 0.1) is 11.8 Å². The van der Waals surface area contributed by atoms with Crippen LogP contribution in [0.4, 0.5) is 5.69 Å². The van der Waals surface area contributed by atoms with Crippen LogP contribution in [0.5, 0.6) is 5.75 Å². The zero-order valence-electron chi connectivity index (χ0n) is 18.0. The van der Waals surface area contributed by atoms with Crippen LogP contribution in [0.2, 0.25) is 0 Å². The SMILES string of the molecule is CC1CCN(S(=O)(=O)Nc2ccc(OCCNC[C@H](O)c3cccnc3)cc2)CC1.Cl.Cl. The smallest absolute Gasteiger partial charge is 0.301 e. The summed E-state index contributed by atoms with van der Waals surface area (Å²) in [6.07, 6.45) is 4.47. The van der Waals surface area contributed by atoms with E-state index in [1.165, 1.54) is 4.31 Å². The van der Waals surface area contributed by atoms with E-state index in [-0.39, 0.29) is 24.8 Å². The van der Waals surface area contributed by atoms with Gasteiger partial charge < -0.3 is 15.2 Å². The molecule has 180 valence electrons. The van der Waals surface area contributed by atoms with Crippen molar-refractivity contribution in [3.8, 4) is 5.75 Å². The molecule has 0 aliphatic carbocycles. The van der Waals surface area contributed by atoms with Crippen LogP contribution in [0.3, 0.4) is 0 Å². The van der Waals surface area contributed by atoms with Crippen LogP contribution in [0.25, 0.3) is 0 Å². The Labute approximate surface area is 202 Å². The molecular weight excluding hydrogens is 475 g/mol. The second kappa shape index (κ2) is 13.8. The van der Waals surface area contributed by atoms with E-state index < -0.39 is 16.3 Å². The van der Waals surface area contributed by atoms with E-state index in [1.807, 2.05) is 6.07 Å². The van der Waals surface area contributed by atoms with Crippen molar-refractivity contribution in [1.82, 2.24) is 14.6 Å². The van der Waals surface area contributed by atoms with Gasteiger partial charge in [-0.05, 0) is 49.1 Å². The maximum Gasteiger partial charge on any atom is 0.301 e. The van der Waals surface area contributed by atoms with Crippen molar-refractivity contribution < 1.29 is 18.3 Å². The summed E-state index contributed by atoms with van der Waals surface area (Å²) in [4.78, 5) is 3.99. The number of halogens is 2. The van der Waals surface area contributed by atoms with Crippen LogP contribution in [0.1, 0.15) is 31.4 Å². The van der Waals surface area contributed by atoms with E-state index in [1.54, 1.807) is 42.7 Å². The van der Waals surface area contributed by atoms with Crippen LogP contribution >= 0.6 is 24.8 Å². The van der Waals surface area contributed by atoms with Gasteiger partial charge in [-0.15, -0.1) is 24.8 Å². The Kier molecular flexibility index (Phi) is 12.3. The second-order valence-corrected chi connectivity index (χ2v) is 9.24. The lowest BCUT2D eigenvalue weighted by Crippen LogP contribution is -2.41. The predicted octanol–water partition coefficient (Wildman–Crippen LogP) is 3.02. The highest BCUT2D eigenvalue weighted by Crippen LogP contribution is 2.21. The van der Waals surface area contributed by atoms with E-state index in [2.05, 4.69) is 21.9 Å². The van der Waals surface area contributed by atoms with Crippen molar-refractivity contribution in [2.24, 2.45) is 5.92 Å². The number of hydrogen-bond acceptors (Lipinski definition) is 6. The third kappa shape index (κ3) is 8.73. The Balaban J connectivity index is 0.00000256. The summed E-state index contributed by atoms with van der Waals surface area (Å²) in [6.45, 7) is 4.66. The first-order valence-electron chi connectivity index (χ1n) is 10.2. The number of nitrogens with zero attached hydrogens (tertiary/aromatic N) is 2. The van der Waals surface area contributed by atoms with Crippen molar-refractivity contribution in [1.29, 1.82) is 0 Å². The highest BCUT2D eigenvalue weighted by molar-refractivity contribution is 7.90. The van der Waals surface area contributed by atoms with Gasteiger partial charge in [-0.25, -0.2) is 0 Å². The minimum absolute atomic E-state index is 0. The summed E-state index contributed by atoms with van der Waals surface area (Å²) in [5.74, 6) is 1.22. The highest BCUT2D eigenvalue weighted by Gasteiger charge is 2.26. The number of pyridine rings is 1. The lowest BCUT2D eigenvalue weighted by atomic mass is 10.0. The van der Waals surface area contributed by atoms with Gasteiger partial charge in [-0.3, -0.25) is 9.71 Å². The molecule has 1 aromatic heterocycles. The topological polar surface area (TPSA) is 104 Å². The number of benzene rings is 1. The zero-order valence-corrected chi connectivity index (χ0v) is 20.5. The van der Waals surface area contributed by atoms with Gasteiger partial charge in [0.2, 0.25) is 0 Å². The predicted molar refractivity (Wildman–Crippen MR) is 131 cm³/mol. The Morgan fingerprint density at radius 3 is 2.50 bits per heavy atom. The third-order valence-corrected chi connectivity index (χ3v) is 6.68. The number of hydrogen-bond donors (Lipinski definition) is 3. The maximum absolute atomic E-state index is 12.5. The first-order chi connectivity index (χ1) is 14.4. The van der Waals surface area contributed by atoms with Crippen LogP contribution < -0.4 is 14.8 Å². The van der Waals surface area contributed by atoms with Crippen molar-refractivity contribution >= 4 is 40.7 Å². The molecule has 1 aliphatic rings. The molecule has 1 aliphatic heterocycles. The van der Waals surface area contributed by atoms with E-state index in [4.69, 9.17) is 4.74 Å². The Hall–Kier alpha value is -1.62. The average Bonchev–Trinajstić information content (AvgIpc) is 2.75. The fraction of sp³-hybridized carbons (Fsp3) is 0.476. The molecule has 1 fully saturated rings. The van der Waals surface area contributed by atoms with Crippen molar-refractivity contribution in [2.45, 2.75) is 25.9 Å². The van der Waals surface area contributed by atoms with Crippen LogP contribution in [0.15, 0.2) is 48.8 Å². The normalized spacial score (nSPS) is 15.8.